The van der Waals surface area contributed by atoms with Crippen molar-refractivity contribution >= 4 is 29.2 Å². The van der Waals surface area contributed by atoms with Gasteiger partial charge in [0.2, 0.25) is 5.91 Å². The van der Waals surface area contributed by atoms with Crippen LogP contribution in [0, 0.1) is 19.8 Å². The summed E-state index contributed by atoms with van der Waals surface area (Å²) in [4.78, 5) is 38.7. The molecule has 1 heterocycles. The van der Waals surface area contributed by atoms with E-state index in [2.05, 4.69) is 5.32 Å². The van der Waals surface area contributed by atoms with Gasteiger partial charge in [0.25, 0.3) is 5.91 Å². The van der Waals surface area contributed by atoms with Gasteiger partial charge in [0, 0.05) is 24.3 Å². The SMILES string of the molecule is CCc1ccccc1N1C[C@@H](C(=O)OCC(=O)Nc2cc(C)ccc2C)CC1=O. The number of anilines is 2. The summed E-state index contributed by atoms with van der Waals surface area (Å²) >= 11 is 0. The maximum absolute atomic E-state index is 12.4. The standard InChI is InChI=1S/C23H26N2O4/c1-4-17-7-5-6-8-20(17)25-13-18(12-22(25)27)23(28)29-14-21(26)24-19-11-15(2)9-10-16(19)3/h5-11,18H,4,12-14H2,1-3H3,(H,24,26)/t18-/m0/s1. The average Bonchev–Trinajstić information content (AvgIpc) is 3.10. The highest BCUT2D eigenvalue weighted by Crippen LogP contribution is 2.29. The van der Waals surface area contributed by atoms with Crippen LogP contribution in [0.3, 0.4) is 0 Å². The van der Waals surface area contributed by atoms with Gasteiger partial charge in [0.05, 0.1) is 5.92 Å². The molecule has 0 aliphatic carbocycles. The zero-order chi connectivity index (χ0) is 21.0. The number of nitrogens with zero attached hydrogens (tertiary/aromatic N) is 1. The van der Waals surface area contributed by atoms with Gasteiger partial charge in [-0.2, -0.15) is 0 Å². The number of hydrogen-bond donors (Lipinski definition) is 1. The summed E-state index contributed by atoms with van der Waals surface area (Å²) in [6, 6.07) is 13.4. The van der Waals surface area contributed by atoms with E-state index < -0.39 is 17.8 Å². The maximum atomic E-state index is 12.4. The summed E-state index contributed by atoms with van der Waals surface area (Å²) in [6.45, 7) is 5.76. The van der Waals surface area contributed by atoms with Crippen molar-refractivity contribution in [2.45, 2.75) is 33.6 Å². The zero-order valence-electron chi connectivity index (χ0n) is 17.0. The van der Waals surface area contributed by atoms with E-state index in [0.29, 0.717) is 5.69 Å². The Balaban J connectivity index is 1.57. The van der Waals surface area contributed by atoms with Crippen molar-refractivity contribution in [2.24, 2.45) is 5.92 Å². The lowest BCUT2D eigenvalue weighted by atomic mass is 10.1. The molecule has 1 fully saturated rings. The van der Waals surface area contributed by atoms with E-state index in [1.807, 2.05) is 63.2 Å². The fraction of sp³-hybridized carbons (Fsp3) is 0.348. The summed E-state index contributed by atoms with van der Waals surface area (Å²) in [5.41, 5.74) is 4.55. The summed E-state index contributed by atoms with van der Waals surface area (Å²) in [5.74, 6) is -1.59. The first-order valence-corrected chi connectivity index (χ1v) is 9.81. The highest BCUT2D eigenvalue weighted by Gasteiger charge is 2.37. The Labute approximate surface area is 170 Å². The third kappa shape index (κ3) is 4.83. The maximum Gasteiger partial charge on any atom is 0.311 e. The average molecular weight is 394 g/mol. The minimum atomic E-state index is -0.569. The molecule has 2 amide bonds. The minimum absolute atomic E-state index is 0.0927. The van der Waals surface area contributed by atoms with Crippen LogP contribution in [0.4, 0.5) is 11.4 Å². The number of nitrogens with one attached hydrogen (secondary N) is 1. The number of para-hydroxylation sites is 1. The summed E-state index contributed by atoms with van der Waals surface area (Å²) in [5, 5.41) is 2.76. The van der Waals surface area contributed by atoms with Crippen molar-refractivity contribution in [3.05, 3.63) is 59.2 Å². The zero-order valence-corrected chi connectivity index (χ0v) is 17.0. The molecular weight excluding hydrogens is 368 g/mol. The fourth-order valence-corrected chi connectivity index (χ4v) is 3.48. The number of hydrogen-bond acceptors (Lipinski definition) is 4. The van der Waals surface area contributed by atoms with Gasteiger partial charge in [0.1, 0.15) is 0 Å². The molecule has 1 aliphatic rings. The number of rotatable bonds is 6. The van der Waals surface area contributed by atoms with Crippen LogP contribution < -0.4 is 10.2 Å². The van der Waals surface area contributed by atoms with E-state index in [0.717, 1.165) is 28.8 Å². The van der Waals surface area contributed by atoms with Gasteiger partial charge in [-0.3, -0.25) is 14.4 Å². The number of amides is 2. The number of benzene rings is 2. The van der Waals surface area contributed by atoms with Crippen molar-refractivity contribution in [2.75, 3.05) is 23.4 Å². The van der Waals surface area contributed by atoms with Crippen molar-refractivity contribution in [1.29, 1.82) is 0 Å². The molecule has 29 heavy (non-hydrogen) atoms. The lowest BCUT2D eigenvalue weighted by Crippen LogP contribution is -2.28. The van der Waals surface area contributed by atoms with Gasteiger partial charge in [-0.25, -0.2) is 0 Å². The largest absolute Gasteiger partial charge is 0.455 e. The molecule has 0 unspecified atom stereocenters. The highest BCUT2D eigenvalue weighted by molar-refractivity contribution is 6.00. The predicted octanol–water partition coefficient (Wildman–Crippen LogP) is 3.40. The van der Waals surface area contributed by atoms with Gasteiger partial charge < -0.3 is 15.0 Å². The van der Waals surface area contributed by atoms with Gasteiger partial charge in [0.15, 0.2) is 6.61 Å². The molecule has 1 saturated heterocycles. The van der Waals surface area contributed by atoms with E-state index in [1.54, 1.807) is 4.90 Å². The molecule has 1 N–H and O–H groups in total. The molecule has 0 radical (unpaired) electrons. The van der Waals surface area contributed by atoms with Crippen LogP contribution in [-0.2, 0) is 25.5 Å². The third-order valence-corrected chi connectivity index (χ3v) is 5.13. The molecule has 152 valence electrons. The number of carbonyl (C=O) groups excluding carboxylic acids is 3. The summed E-state index contributed by atoms with van der Waals surface area (Å²) in [7, 11) is 0. The number of aryl methyl sites for hydroxylation is 3. The fourth-order valence-electron chi connectivity index (χ4n) is 3.48. The number of carbonyl (C=O) groups is 3. The Morgan fingerprint density at radius 1 is 1.17 bits per heavy atom. The van der Waals surface area contributed by atoms with Crippen molar-refractivity contribution in [3.63, 3.8) is 0 Å². The molecule has 0 saturated carbocycles. The van der Waals surface area contributed by atoms with E-state index in [4.69, 9.17) is 4.74 Å². The van der Waals surface area contributed by atoms with Crippen LogP contribution in [0.1, 0.15) is 30.0 Å². The molecule has 2 aromatic rings. The van der Waals surface area contributed by atoms with Crippen molar-refractivity contribution in [1.82, 2.24) is 0 Å². The van der Waals surface area contributed by atoms with Gasteiger partial charge >= 0.3 is 5.97 Å². The Morgan fingerprint density at radius 2 is 1.93 bits per heavy atom. The molecule has 2 aromatic carbocycles. The highest BCUT2D eigenvalue weighted by atomic mass is 16.5. The van der Waals surface area contributed by atoms with Crippen molar-refractivity contribution < 1.29 is 19.1 Å². The van der Waals surface area contributed by atoms with Crippen LogP contribution >= 0.6 is 0 Å². The third-order valence-electron chi connectivity index (χ3n) is 5.13. The van der Waals surface area contributed by atoms with Crippen LogP contribution in [0.15, 0.2) is 42.5 Å². The van der Waals surface area contributed by atoms with Crippen LogP contribution in [0.5, 0.6) is 0 Å². The second-order valence-electron chi connectivity index (χ2n) is 7.36. The smallest absolute Gasteiger partial charge is 0.311 e. The normalized spacial score (nSPS) is 16.0. The number of ether oxygens (including phenoxy) is 1. The Bertz CT molecular complexity index is 938. The van der Waals surface area contributed by atoms with E-state index in [1.165, 1.54) is 0 Å². The first kappa shape index (κ1) is 20.6. The quantitative estimate of drug-likeness (QED) is 0.762. The van der Waals surface area contributed by atoms with Crippen LogP contribution in [-0.4, -0.2) is 30.9 Å². The Kier molecular flexibility index (Phi) is 6.32. The molecule has 0 aromatic heterocycles. The van der Waals surface area contributed by atoms with E-state index >= 15 is 0 Å². The lowest BCUT2D eigenvalue weighted by molar-refractivity contribution is -0.151. The molecule has 0 bridgehead atoms. The number of esters is 1. The van der Waals surface area contributed by atoms with Crippen LogP contribution in [0.25, 0.3) is 0 Å². The second-order valence-corrected chi connectivity index (χ2v) is 7.36. The molecule has 6 nitrogen and oxygen atoms in total. The van der Waals surface area contributed by atoms with Gasteiger partial charge in [-0.05, 0) is 49.1 Å². The van der Waals surface area contributed by atoms with Crippen molar-refractivity contribution in [3.8, 4) is 0 Å². The molecule has 1 atom stereocenters. The molecule has 3 rings (SSSR count). The van der Waals surface area contributed by atoms with E-state index in [-0.39, 0.29) is 25.5 Å². The predicted molar refractivity (Wildman–Crippen MR) is 112 cm³/mol. The summed E-state index contributed by atoms with van der Waals surface area (Å²) in [6.07, 6.45) is 0.892. The molecule has 0 spiro atoms. The molecular formula is C23H26N2O4. The van der Waals surface area contributed by atoms with Gasteiger partial charge in [-0.1, -0.05) is 37.3 Å². The topological polar surface area (TPSA) is 75.7 Å². The Hall–Kier alpha value is -3.15. The van der Waals surface area contributed by atoms with Crippen LogP contribution in [0.2, 0.25) is 0 Å². The lowest BCUT2D eigenvalue weighted by Gasteiger charge is -2.19. The summed E-state index contributed by atoms with van der Waals surface area (Å²) < 4.78 is 5.19. The first-order valence-electron chi connectivity index (χ1n) is 9.81. The monoisotopic (exact) mass is 394 g/mol. The minimum Gasteiger partial charge on any atom is -0.455 e. The van der Waals surface area contributed by atoms with Gasteiger partial charge in [-0.15, -0.1) is 0 Å². The first-order chi connectivity index (χ1) is 13.9. The Morgan fingerprint density at radius 3 is 2.69 bits per heavy atom. The molecule has 6 heteroatoms. The molecule has 1 aliphatic heterocycles. The second kappa shape index (κ2) is 8.90. The van der Waals surface area contributed by atoms with E-state index in [9.17, 15) is 14.4 Å².